The molecule has 2 unspecified atom stereocenters. The Morgan fingerprint density at radius 3 is 2.46 bits per heavy atom. The topological polar surface area (TPSA) is 104 Å². The van der Waals surface area contributed by atoms with Gasteiger partial charge < -0.3 is 19.1 Å². The van der Waals surface area contributed by atoms with E-state index in [1.54, 1.807) is 12.3 Å². The van der Waals surface area contributed by atoms with Gasteiger partial charge in [-0.3, -0.25) is 4.57 Å². The monoisotopic (exact) mass is 512 g/mol. The molecule has 2 bridgehead atoms. The van der Waals surface area contributed by atoms with Crippen LogP contribution in [0.1, 0.15) is 0 Å². The van der Waals surface area contributed by atoms with Gasteiger partial charge in [0.2, 0.25) is 5.88 Å². The number of rotatable bonds is 4. The average Bonchev–Trinajstić information content (AvgIpc) is 3.30. The zero-order chi connectivity index (χ0) is 25.5. The molecule has 2 saturated heterocycles. The van der Waals surface area contributed by atoms with Gasteiger partial charge in [0.25, 0.3) is 0 Å². The van der Waals surface area contributed by atoms with E-state index < -0.39 is 23.5 Å². The standard InChI is InChI=1S/C24H19F3N6O4/c25-15-1-2-19(18(27)5-15)33-4-3-17-21(33)30-12-31-22(17)36-20-13-8-32(9-14(20)11-35-10-13)24(34)37-23-28-6-16(26)7-29-23/h1-7,12-14,20H,8-11H2. The summed E-state index contributed by atoms with van der Waals surface area (Å²) >= 11 is 0. The lowest BCUT2D eigenvalue weighted by Crippen LogP contribution is -2.59. The van der Waals surface area contributed by atoms with Crippen LogP contribution in [0, 0.1) is 29.3 Å². The molecule has 6 rings (SSSR count). The van der Waals surface area contributed by atoms with E-state index in [4.69, 9.17) is 14.2 Å². The molecular weight excluding hydrogens is 493 g/mol. The van der Waals surface area contributed by atoms with E-state index >= 15 is 0 Å². The Balaban J connectivity index is 1.21. The number of likely N-dealkylation sites (tertiary alicyclic amines) is 1. The first kappa shape index (κ1) is 23.2. The second-order valence-corrected chi connectivity index (χ2v) is 8.79. The van der Waals surface area contributed by atoms with Crippen LogP contribution in [0.3, 0.4) is 0 Å². The highest BCUT2D eigenvalue weighted by Crippen LogP contribution is 2.34. The Morgan fingerprint density at radius 1 is 0.973 bits per heavy atom. The number of hydrogen-bond acceptors (Lipinski definition) is 8. The minimum atomic E-state index is -0.726. The Hall–Kier alpha value is -4.26. The molecule has 13 heteroatoms. The van der Waals surface area contributed by atoms with Crippen molar-refractivity contribution in [2.24, 2.45) is 11.8 Å². The van der Waals surface area contributed by atoms with Crippen LogP contribution in [0.2, 0.25) is 0 Å². The smallest absolute Gasteiger partial charge is 0.417 e. The van der Waals surface area contributed by atoms with Crippen LogP contribution in [-0.4, -0.2) is 67.9 Å². The number of piperidine rings is 1. The number of fused-ring (bicyclic) bond motifs is 3. The number of carbonyl (C=O) groups is 1. The number of carbonyl (C=O) groups excluding carboxylic acids is 1. The number of hydrogen-bond donors (Lipinski definition) is 0. The largest absolute Gasteiger partial charge is 0.473 e. The first-order valence-corrected chi connectivity index (χ1v) is 11.4. The second kappa shape index (κ2) is 9.32. The van der Waals surface area contributed by atoms with E-state index in [-0.39, 0.29) is 42.7 Å². The summed E-state index contributed by atoms with van der Waals surface area (Å²) in [6.45, 7) is 1.29. The van der Waals surface area contributed by atoms with E-state index in [0.29, 0.717) is 30.1 Å². The van der Waals surface area contributed by atoms with Crippen LogP contribution in [0.5, 0.6) is 11.9 Å². The second-order valence-electron chi connectivity index (χ2n) is 8.79. The Bertz CT molecular complexity index is 1450. The lowest BCUT2D eigenvalue weighted by atomic mass is 9.84. The van der Waals surface area contributed by atoms with Crippen molar-refractivity contribution in [3.8, 4) is 17.6 Å². The summed E-state index contributed by atoms with van der Waals surface area (Å²) in [6, 6.07) is 4.78. The first-order valence-electron chi connectivity index (χ1n) is 11.4. The highest BCUT2D eigenvalue weighted by atomic mass is 19.1. The van der Waals surface area contributed by atoms with Gasteiger partial charge in [0, 0.05) is 37.2 Å². The van der Waals surface area contributed by atoms with Gasteiger partial charge in [-0.15, -0.1) is 0 Å². The molecule has 2 atom stereocenters. The fourth-order valence-corrected chi connectivity index (χ4v) is 4.76. The number of aromatic nitrogens is 5. The lowest BCUT2D eigenvalue weighted by Gasteiger charge is -2.45. The molecule has 1 amide bonds. The van der Waals surface area contributed by atoms with Gasteiger partial charge in [0.15, 0.2) is 11.5 Å². The van der Waals surface area contributed by atoms with Crippen molar-refractivity contribution in [2.45, 2.75) is 6.10 Å². The van der Waals surface area contributed by atoms with Crippen molar-refractivity contribution in [1.29, 1.82) is 0 Å². The summed E-state index contributed by atoms with van der Waals surface area (Å²) in [5, 5.41) is 0.556. The molecule has 2 aliphatic rings. The summed E-state index contributed by atoms with van der Waals surface area (Å²) in [5.41, 5.74) is 0.542. The first-order chi connectivity index (χ1) is 18.0. The summed E-state index contributed by atoms with van der Waals surface area (Å²) in [6.07, 6.45) is 3.80. The summed E-state index contributed by atoms with van der Waals surface area (Å²) in [5.74, 6) is -2.10. The zero-order valence-electron chi connectivity index (χ0n) is 19.1. The molecule has 190 valence electrons. The van der Waals surface area contributed by atoms with Crippen LogP contribution in [0.25, 0.3) is 16.7 Å². The maximum atomic E-state index is 14.4. The predicted molar refractivity (Wildman–Crippen MR) is 121 cm³/mol. The summed E-state index contributed by atoms with van der Waals surface area (Å²) in [7, 11) is 0. The van der Waals surface area contributed by atoms with Gasteiger partial charge in [-0.05, 0) is 18.2 Å². The molecule has 2 aliphatic heterocycles. The van der Waals surface area contributed by atoms with E-state index in [9.17, 15) is 18.0 Å². The normalized spacial score (nSPS) is 21.2. The summed E-state index contributed by atoms with van der Waals surface area (Å²) < 4.78 is 59.6. The molecule has 3 aromatic heterocycles. The molecule has 0 spiro atoms. The third-order valence-electron chi connectivity index (χ3n) is 6.40. The van der Waals surface area contributed by atoms with Crippen LogP contribution in [-0.2, 0) is 4.74 Å². The Morgan fingerprint density at radius 2 is 1.73 bits per heavy atom. The predicted octanol–water partition coefficient (Wildman–Crippen LogP) is 3.15. The minimum absolute atomic E-state index is 0.142. The molecule has 0 aliphatic carbocycles. The van der Waals surface area contributed by atoms with Gasteiger partial charge in [-0.1, -0.05) is 0 Å². The van der Waals surface area contributed by atoms with Crippen LogP contribution < -0.4 is 9.47 Å². The fraction of sp³-hybridized carbons (Fsp3) is 0.292. The van der Waals surface area contributed by atoms with E-state index in [1.807, 2.05) is 0 Å². The highest BCUT2D eigenvalue weighted by Gasteiger charge is 2.44. The van der Waals surface area contributed by atoms with Crippen molar-refractivity contribution >= 4 is 17.1 Å². The molecule has 37 heavy (non-hydrogen) atoms. The third kappa shape index (κ3) is 4.42. The van der Waals surface area contributed by atoms with Gasteiger partial charge in [-0.2, -0.15) is 0 Å². The van der Waals surface area contributed by atoms with Crippen molar-refractivity contribution in [3.05, 3.63) is 66.6 Å². The van der Waals surface area contributed by atoms with Crippen molar-refractivity contribution in [1.82, 2.24) is 29.4 Å². The van der Waals surface area contributed by atoms with E-state index in [2.05, 4.69) is 19.9 Å². The zero-order valence-corrected chi connectivity index (χ0v) is 19.1. The number of ether oxygens (including phenoxy) is 3. The average molecular weight is 512 g/mol. The van der Waals surface area contributed by atoms with Gasteiger partial charge >= 0.3 is 12.1 Å². The quantitative estimate of drug-likeness (QED) is 0.411. The molecule has 5 heterocycles. The van der Waals surface area contributed by atoms with Crippen molar-refractivity contribution < 1.29 is 32.2 Å². The molecule has 2 fully saturated rings. The van der Waals surface area contributed by atoms with Gasteiger partial charge in [0.05, 0.1) is 36.7 Å². The molecule has 0 radical (unpaired) electrons. The maximum absolute atomic E-state index is 14.4. The minimum Gasteiger partial charge on any atom is -0.473 e. The molecule has 1 aromatic carbocycles. The highest BCUT2D eigenvalue weighted by molar-refractivity contribution is 5.83. The lowest BCUT2D eigenvalue weighted by molar-refractivity contribution is -0.107. The Labute approximate surface area is 207 Å². The number of nitrogens with zero attached hydrogens (tertiary/aromatic N) is 6. The van der Waals surface area contributed by atoms with Gasteiger partial charge in [-0.25, -0.2) is 37.9 Å². The van der Waals surface area contributed by atoms with E-state index in [1.165, 1.54) is 27.9 Å². The maximum Gasteiger partial charge on any atom is 0.417 e. The molecule has 0 N–H and O–H groups in total. The SMILES string of the molecule is O=C(Oc1ncc(F)cn1)N1CC2COCC(C1)C2Oc1ncnc2c1ccn2-c1ccc(F)cc1F. The van der Waals surface area contributed by atoms with Crippen molar-refractivity contribution in [3.63, 3.8) is 0 Å². The van der Waals surface area contributed by atoms with Crippen LogP contribution in [0.4, 0.5) is 18.0 Å². The molecular formula is C24H19F3N6O4. The van der Waals surface area contributed by atoms with Crippen LogP contribution >= 0.6 is 0 Å². The van der Waals surface area contributed by atoms with E-state index in [0.717, 1.165) is 18.5 Å². The Kier molecular flexibility index (Phi) is 5.83. The number of amides is 1. The summed E-state index contributed by atoms with van der Waals surface area (Å²) in [4.78, 5) is 30.1. The molecule has 0 saturated carbocycles. The molecule has 4 aromatic rings. The number of benzene rings is 1. The molecule has 10 nitrogen and oxygen atoms in total. The fourth-order valence-electron chi connectivity index (χ4n) is 4.76. The van der Waals surface area contributed by atoms with Crippen LogP contribution in [0.15, 0.2) is 49.2 Å². The number of halogens is 3. The third-order valence-corrected chi connectivity index (χ3v) is 6.40. The van der Waals surface area contributed by atoms with Crippen molar-refractivity contribution in [2.75, 3.05) is 26.3 Å². The van der Waals surface area contributed by atoms with Gasteiger partial charge in [0.1, 0.15) is 24.1 Å².